The van der Waals surface area contributed by atoms with Gasteiger partial charge in [0, 0.05) is 18.9 Å². The molecule has 96 valence electrons. The molecule has 0 radical (unpaired) electrons. The van der Waals surface area contributed by atoms with Gasteiger partial charge < -0.3 is 0 Å². The van der Waals surface area contributed by atoms with Crippen molar-refractivity contribution < 1.29 is 4.79 Å². The Morgan fingerprint density at radius 2 is 2.06 bits per heavy atom. The molecule has 0 aliphatic carbocycles. The summed E-state index contributed by atoms with van der Waals surface area (Å²) < 4.78 is 1.78. The van der Waals surface area contributed by atoms with Crippen molar-refractivity contribution >= 4 is 16.7 Å². The van der Waals surface area contributed by atoms with E-state index in [1.165, 1.54) is 0 Å². The van der Waals surface area contributed by atoms with Gasteiger partial charge in [0.2, 0.25) is 0 Å². The van der Waals surface area contributed by atoms with Crippen molar-refractivity contribution in [2.45, 2.75) is 33.1 Å². The number of Topliss-reactive ketones (excluding diaryl/α,β-unsaturated/α-hetero) is 1. The van der Waals surface area contributed by atoms with E-state index in [-0.39, 0.29) is 5.78 Å². The van der Waals surface area contributed by atoms with Crippen LogP contribution in [0.5, 0.6) is 0 Å². The molecule has 2 aromatic rings. The van der Waals surface area contributed by atoms with Gasteiger partial charge in [-0.15, -0.1) is 0 Å². The maximum absolute atomic E-state index is 12.2. The largest absolute Gasteiger partial charge is 0.292 e. The van der Waals surface area contributed by atoms with Gasteiger partial charge in [-0.25, -0.2) is 0 Å². The number of carbonyl (C=O) groups is 1. The van der Waals surface area contributed by atoms with Crippen LogP contribution >= 0.6 is 0 Å². The lowest BCUT2D eigenvalue weighted by atomic mass is 10.0. The minimum Gasteiger partial charge on any atom is -0.292 e. The molecule has 0 unspecified atom stereocenters. The smallest absolute Gasteiger partial charge is 0.183 e. The highest BCUT2D eigenvalue weighted by atomic mass is 16.1. The van der Waals surface area contributed by atoms with Crippen molar-refractivity contribution in [1.82, 2.24) is 9.78 Å². The van der Waals surface area contributed by atoms with E-state index in [1.807, 2.05) is 31.3 Å². The van der Waals surface area contributed by atoms with E-state index in [1.54, 1.807) is 4.68 Å². The highest BCUT2D eigenvalue weighted by molar-refractivity contribution is 6.05. The molecule has 0 saturated carbocycles. The Balaban J connectivity index is 2.18. The van der Waals surface area contributed by atoms with Crippen molar-refractivity contribution in [3.05, 3.63) is 30.0 Å². The first-order valence-electron chi connectivity index (χ1n) is 6.54. The molecular formula is C15H20N2O. The van der Waals surface area contributed by atoms with Crippen LogP contribution in [-0.4, -0.2) is 15.6 Å². The Morgan fingerprint density at radius 3 is 2.78 bits per heavy atom. The lowest BCUT2D eigenvalue weighted by Gasteiger charge is -2.02. The molecule has 0 aliphatic rings. The third-order valence-corrected chi connectivity index (χ3v) is 3.21. The molecule has 0 N–H and O–H groups in total. The van der Waals surface area contributed by atoms with Crippen molar-refractivity contribution in [1.29, 1.82) is 0 Å². The fraction of sp³-hybridized carbons (Fsp3) is 0.467. The minimum absolute atomic E-state index is 0.160. The molecular weight excluding hydrogens is 224 g/mol. The Bertz CT molecular complexity index is 555. The maximum atomic E-state index is 12.2. The number of rotatable bonds is 5. The van der Waals surface area contributed by atoms with E-state index < -0.39 is 0 Å². The lowest BCUT2D eigenvalue weighted by molar-refractivity contribution is 0.0974. The van der Waals surface area contributed by atoms with Crippen LogP contribution in [0.2, 0.25) is 0 Å². The van der Waals surface area contributed by atoms with Crippen LogP contribution < -0.4 is 0 Å². The minimum atomic E-state index is 0.160. The second-order valence-electron chi connectivity index (χ2n) is 5.20. The van der Waals surface area contributed by atoms with E-state index in [9.17, 15) is 4.79 Å². The van der Waals surface area contributed by atoms with Gasteiger partial charge in [0.25, 0.3) is 0 Å². The first kappa shape index (κ1) is 12.8. The highest BCUT2D eigenvalue weighted by Crippen LogP contribution is 2.19. The summed E-state index contributed by atoms with van der Waals surface area (Å²) in [6.45, 7) is 4.36. The third kappa shape index (κ3) is 2.61. The SMILES string of the molecule is CC(C)CCCC(=O)c1nn(C)c2ccccc12. The maximum Gasteiger partial charge on any atom is 0.183 e. The van der Waals surface area contributed by atoms with Gasteiger partial charge in [-0.05, 0) is 18.4 Å². The summed E-state index contributed by atoms with van der Waals surface area (Å²) in [7, 11) is 1.88. The Labute approximate surface area is 108 Å². The summed E-state index contributed by atoms with van der Waals surface area (Å²) in [5.41, 5.74) is 1.64. The monoisotopic (exact) mass is 244 g/mol. The number of nitrogens with zero attached hydrogens (tertiary/aromatic N) is 2. The number of hydrogen-bond acceptors (Lipinski definition) is 2. The standard InChI is InChI=1S/C15H20N2O/c1-11(2)7-6-10-14(18)15-12-8-4-5-9-13(12)17(3)16-15/h4-5,8-9,11H,6-7,10H2,1-3H3. The average Bonchev–Trinajstić information content (AvgIpc) is 2.67. The van der Waals surface area contributed by atoms with E-state index in [4.69, 9.17) is 0 Å². The van der Waals surface area contributed by atoms with Crippen LogP contribution in [0.25, 0.3) is 10.9 Å². The highest BCUT2D eigenvalue weighted by Gasteiger charge is 2.15. The molecule has 1 aromatic carbocycles. The van der Waals surface area contributed by atoms with E-state index in [0.29, 0.717) is 18.0 Å². The molecule has 2 rings (SSSR count). The van der Waals surface area contributed by atoms with E-state index in [2.05, 4.69) is 18.9 Å². The predicted molar refractivity (Wildman–Crippen MR) is 73.7 cm³/mol. The van der Waals surface area contributed by atoms with Crippen molar-refractivity contribution in [3.8, 4) is 0 Å². The molecule has 1 heterocycles. The number of hydrogen-bond donors (Lipinski definition) is 0. The number of ketones is 1. The first-order valence-corrected chi connectivity index (χ1v) is 6.54. The van der Waals surface area contributed by atoms with Crippen LogP contribution in [0.15, 0.2) is 24.3 Å². The number of para-hydroxylation sites is 1. The lowest BCUT2D eigenvalue weighted by Crippen LogP contribution is -2.02. The van der Waals surface area contributed by atoms with Crippen LogP contribution in [0.4, 0.5) is 0 Å². The van der Waals surface area contributed by atoms with E-state index in [0.717, 1.165) is 23.7 Å². The molecule has 0 saturated heterocycles. The van der Waals surface area contributed by atoms with Crippen LogP contribution in [0, 0.1) is 5.92 Å². The molecule has 3 heteroatoms. The van der Waals surface area contributed by atoms with Gasteiger partial charge in [-0.2, -0.15) is 5.10 Å². The fourth-order valence-corrected chi connectivity index (χ4v) is 2.21. The van der Waals surface area contributed by atoms with Crippen LogP contribution in [0.3, 0.4) is 0 Å². The summed E-state index contributed by atoms with van der Waals surface area (Å²) >= 11 is 0. The predicted octanol–water partition coefficient (Wildman–Crippen LogP) is 3.58. The number of fused-ring (bicyclic) bond motifs is 1. The average molecular weight is 244 g/mol. The summed E-state index contributed by atoms with van der Waals surface area (Å²) in [6, 6.07) is 7.89. The van der Waals surface area contributed by atoms with Crippen LogP contribution in [0.1, 0.15) is 43.6 Å². The Kier molecular flexibility index (Phi) is 3.80. The number of benzene rings is 1. The summed E-state index contributed by atoms with van der Waals surface area (Å²) in [5.74, 6) is 0.811. The second kappa shape index (κ2) is 5.34. The third-order valence-electron chi connectivity index (χ3n) is 3.21. The van der Waals surface area contributed by atoms with Gasteiger partial charge >= 0.3 is 0 Å². The topological polar surface area (TPSA) is 34.9 Å². The van der Waals surface area contributed by atoms with Gasteiger partial charge in [0.05, 0.1) is 5.52 Å². The van der Waals surface area contributed by atoms with Gasteiger partial charge in [-0.1, -0.05) is 38.5 Å². The quantitative estimate of drug-likeness (QED) is 0.753. The van der Waals surface area contributed by atoms with Crippen molar-refractivity contribution in [2.24, 2.45) is 13.0 Å². The molecule has 0 amide bonds. The zero-order valence-electron chi connectivity index (χ0n) is 11.3. The normalized spacial score (nSPS) is 11.3. The van der Waals surface area contributed by atoms with Crippen molar-refractivity contribution in [2.75, 3.05) is 0 Å². The number of carbonyl (C=O) groups excluding carboxylic acids is 1. The van der Waals surface area contributed by atoms with Gasteiger partial charge in [0.15, 0.2) is 5.78 Å². The first-order chi connectivity index (χ1) is 8.59. The summed E-state index contributed by atoms with van der Waals surface area (Å²) in [5, 5.41) is 5.32. The molecule has 0 fully saturated rings. The fourth-order valence-electron chi connectivity index (χ4n) is 2.21. The molecule has 0 atom stereocenters. The number of aromatic nitrogens is 2. The molecule has 0 aliphatic heterocycles. The molecule has 0 bridgehead atoms. The van der Waals surface area contributed by atoms with Gasteiger partial charge in [-0.3, -0.25) is 9.48 Å². The van der Waals surface area contributed by atoms with Gasteiger partial charge in [0.1, 0.15) is 5.69 Å². The van der Waals surface area contributed by atoms with E-state index >= 15 is 0 Å². The molecule has 1 aromatic heterocycles. The van der Waals surface area contributed by atoms with Crippen molar-refractivity contribution in [3.63, 3.8) is 0 Å². The second-order valence-corrected chi connectivity index (χ2v) is 5.20. The summed E-state index contributed by atoms with van der Waals surface area (Å²) in [6.07, 6.45) is 2.64. The number of aryl methyl sites for hydroxylation is 1. The Hall–Kier alpha value is -1.64. The van der Waals surface area contributed by atoms with Crippen LogP contribution in [-0.2, 0) is 7.05 Å². The molecule has 18 heavy (non-hydrogen) atoms. The Morgan fingerprint density at radius 1 is 1.33 bits per heavy atom. The molecule has 0 spiro atoms. The zero-order valence-corrected chi connectivity index (χ0v) is 11.3. The zero-order chi connectivity index (χ0) is 13.1. The summed E-state index contributed by atoms with van der Waals surface area (Å²) in [4.78, 5) is 12.2. The molecule has 3 nitrogen and oxygen atoms in total.